The number of ether oxygens (including phenoxy) is 2. The highest BCUT2D eigenvalue weighted by atomic mass is 16.5. The van der Waals surface area contributed by atoms with E-state index in [-0.39, 0.29) is 0 Å². The molecule has 0 saturated carbocycles. The van der Waals surface area contributed by atoms with Gasteiger partial charge in [0.15, 0.2) is 0 Å². The summed E-state index contributed by atoms with van der Waals surface area (Å²) in [6.07, 6.45) is 0. The van der Waals surface area contributed by atoms with E-state index in [4.69, 9.17) is 14.7 Å². The zero-order valence-corrected chi connectivity index (χ0v) is 8.20. The van der Waals surface area contributed by atoms with Crippen molar-refractivity contribution in [1.82, 2.24) is 0 Å². The molecule has 14 heavy (non-hydrogen) atoms. The largest absolute Gasteiger partial charge is 0.497 e. The number of hydrogen-bond donors (Lipinski definition) is 0. The third-order valence-electron chi connectivity index (χ3n) is 1.87. The first kappa shape index (κ1) is 10.1. The number of rotatable bonds is 3. The van der Waals surface area contributed by atoms with Crippen LogP contribution >= 0.6 is 0 Å². The molecule has 0 aliphatic carbocycles. The molecule has 3 heteroatoms. The first-order chi connectivity index (χ1) is 6.72. The van der Waals surface area contributed by atoms with Gasteiger partial charge in [-0.3, -0.25) is 0 Å². The Bertz CT molecular complexity index is 391. The molecular formula is C11H11NO2. The maximum atomic E-state index is 8.70. The fourth-order valence-electron chi connectivity index (χ4n) is 1.11. The maximum Gasteiger partial charge on any atom is 0.131 e. The Hall–Kier alpha value is -1.95. The molecule has 0 aliphatic heterocycles. The predicted octanol–water partition coefficient (Wildman–Crippen LogP) is 2.24. The second kappa shape index (κ2) is 4.33. The van der Waals surface area contributed by atoms with Crippen molar-refractivity contribution in [3.05, 3.63) is 30.3 Å². The molecular weight excluding hydrogens is 178 g/mol. The van der Waals surface area contributed by atoms with E-state index < -0.39 is 0 Å². The van der Waals surface area contributed by atoms with Gasteiger partial charge in [0, 0.05) is 11.6 Å². The highest BCUT2D eigenvalue weighted by Crippen LogP contribution is 2.28. The molecule has 0 aliphatic rings. The van der Waals surface area contributed by atoms with Gasteiger partial charge in [-0.1, -0.05) is 6.58 Å². The van der Waals surface area contributed by atoms with E-state index in [9.17, 15) is 0 Å². The van der Waals surface area contributed by atoms with Crippen LogP contribution in [-0.2, 0) is 0 Å². The smallest absolute Gasteiger partial charge is 0.131 e. The Labute approximate surface area is 83.2 Å². The molecule has 72 valence electrons. The molecule has 0 atom stereocenters. The van der Waals surface area contributed by atoms with Crippen LogP contribution in [0.25, 0.3) is 5.57 Å². The SMILES string of the molecule is C=C(C#N)c1ccc(OC)cc1OC. The monoisotopic (exact) mass is 189 g/mol. The van der Waals surface area contributed by atoms with Gasteiger partial charge in [-0.05, 0) is 12.1 Å². The van der Waals surface area contributed by atoms with Crippen LogP contribution in [0.4, 0.5) is 0 Å². The summed E-state index contributed by atoms with van der Waals surface area (Å²) in [5, 5.41) is 8.70. The van der Waals surface area contributed by atoms with Crippen molar-refractivity contribution in [2.24, 2.45) is 0 Å². The first-order valence-electron chi connectivity index (χ1n) is 4.04. The van der Waals surface area contributed by atoms with Gasteiger partial charge in [0.1, 0.15) is 11.5 Å². The van der Waals surface area contributed by atoms with Gasteiger partial charge >= 0.3 is 0 Å². The number of nitriles is 1. The van der Waals surface area contributed by atoms with Crippen molar-refractivity contribution in [1.29, 1.82) is 5.26 Å². The fourth-order valence-corrected chi connectivity index (χ4v) is 1.11. The Morgan fingerprint density at radius 1 is 1.36 bits per heavy atom. The number of allylic oxidation sites excluding steroid dienone is 1. The topological polar surface area (TPSA) is 42.2 Å². The van der Waals surface area contributed by atoms with E-state index in [1.165, 1.54) is 0 Å². The third kappa shape index (κ3) is 1.86. The van der Waals surface area contributed by atoms with Crippen LogP contribution in [0.2, 0.25) is 0 Å². The molecule has 0 unspecified atom stereocenters. The van der Waals surface area contributed by atoms with Crippen LogP contribution in [0.15, 0.2) is 24.8 Å². The van der Waals surface area contributed by atoms with Gasteiger partial charge < -0.3 is 9.47 Å². The maximum absolute atomic E-state index is 8.70. The molecule has 0 N–H and O–H groups in total. The van der Waals surface area contributed by atoms with Crippen LogP contribution in [0.1, 0.15) is 5.56 Å². The lowest BCUT2D eigenvalue weighted by Crippen LogP contribution is -1.91. The molecule has 0 fully saturated rings. The van der Waals surface area contributed by atoms with E-state index in [1.54, 1.807) is 32.4 Å². The highest BCUT2D eigenvalue weighted by molar-refractivity contribution is 5.78. The van der Waals surface area contributed by atoms with Crippen LogP contribution in [-0.4, -0.2) is 14.2 Å². The average molecular weight is 189 g/mol. The molecule has 1 aromatic rings. The molecule has 3 nitrogen and oxygen atoms in total. The van der Waals surface area contributed by atoms with Gasteiger partial charge in [0.2, 0.25) is 0 Å². The van der Waals surface area contributed by atoms with E-state index in [1.807, 2.05) is 6.07 Å². The number of hydrogen-bond acceptors (Lipinski definition) is 3. The second-order valence-electron chi connectivity index (χ2n) is 2.66. The Kier molecular flexibility index (Phi) is 3.14. The molecule has 0 aromatic heterocycles. The third-order valence-corrected chi connectivity index (χ3v) is 1.87. The summed E-state index contributed by atoms with van der Waals surface area (Å²) in [5.41, 5.74) is 1.07. The molecule has 0 heterocycles. The van der Waals surface area contributed by atoms with Crippen molar-refractivity contribution in [2.75, 3.05) is 14.2 Å². The second-order valence-corrected chi connectivity index (χ2v) is 2.66. The molecule has 1 rings (SSSR count). The summed E-state index contributed by atoms with van der Waals surface area (Å²) >= 11 is 0. The Morgan fingerprint density at radius 2 is 2.07 bits per heavy atom. The normalized spacial score (nSPS) is 8.93. The van der Waals surface area contributed by atoms with Crippen molar-refractivity contribution >= 4 is 5.57 Å². The number of nitrogens with zero attached hydrogens (tertiary/aromatic N) is 1. The van der Waals surface area contributed by atoms with Crippen molar-refractivity contribution in [3.63, 3.8) is 0 Å². The first-order valence-corrected chi connectivity index (χ1v) is 4.04. The van der Waals surface area contributed by atoms with E-state index in [0.29, 0.717) is 22.6 Å². The van der Waals surface area contributed by atoms with Crippen molar-refractivity contribution in [3.8, 4) is 17.6 Å². The summed E-state index contributed by atoms with van der Waals surface area (Å²) in [6, 6.07) is 7.22. The quantitative estimate of drug-likeness (QED) is 0.685. The standard InChI is InChI=1S/C11H11NO2/c1-8(7-12)10-5-4-9(13-2)6-11(10)14-3/h4-6H,1H2,2-3H3. The number of methoxy groups -OCH3 is 2. The summed E-state index contributed by atoms with van der Waals surface area (Å²) < 4.78 is 10.2. The minimum Gasteiger partial charge on any atom is -0.497 e. The Balaban J connectivity index is 3.19. The molecule has 0 bridgehead atoms. The average Bonchev–Trinajstić information content (AvgIpc) is 2.27. The zero-order chi connectivity index (χ0) is 10.6. The van der Waals surface area contributed by atoms with Crippen LogP contribution in [0, 0.1) is 11.3 Å². The zero-order valence-electron chi connectivity index (χ0n) is 8.20. The van der Waals surface area contributed by atoms with E-state index >= 15 is 0 Å². The summed E-state index contributed by atoms with van der Waals surface area (Å²) in [5.74, 6) is 1.28. The van der Waals surface area contributed by atoms with Gasteiger partial charge in [-0.15, -0.1) is 0 Å². The van der Waals surface area contributed by atoms with Gasteiger partial charge in [0.05, 0.1) is 25.9 Å². The lowest BCUT2D eigenvalue weighted by molar-refractivity contribution is 0.393. The van der Waals surface area contributed by atoms with Gasteiger partial charge in [-0.25, -0.2) is 0 Å². The van der Waals surface area contributed by atoms with E-state index in [2.05, 4.69) is 6.58 Å². The minimum atomic E-state index is 0.379. The van der Waals surface area contributed by atoms with Crippen LogP contribution < -0.4 is 9.47 Å². The molecule has 0 amide bonds. The summed E-state index contributed by atoms with van der Waals surface area (Å²) in [6.45, 7) is 3.63. The molecule has 1 aromatic carbocycles. The van der Waals surface area contributed by atoms with E-state index in [0.717, 1.165) is 0 Å². The van der Waals surface area contributed by atoms with Gasteiger partial charge in [0.25, 0.3) is 0 Å². The van der Waals surface area contributed by atoms with Gasteiger partial charge in [-0.2, -0.15) is 5.26 Å². The lowest BCUT2D eigenvalue weighted by Gasteiger charge is -2.08. The summed E-state index contributed by atoms with van der Waals surface area (Å²) in [7, 11) is 3.12. The molecule has 0 saturated heterocycles. The fraction of sp³-hybridized carbons (Fsp3) is 0.182. The minimum absolute atomic E-state index is 0.379. The van der Waals surface area contributed by atoms with Crippen LogP contribution in [0.3, 0.4) is 0 Å². The Morgan fingerprint density at radius 3 is 2.57 bits per heavy atom. The highest BCUT2D eigenvalue weighted by Gasteiger charge is 2.07. The molecule has 0 radical (unpaired) electrons. The summed E-state index contributed by atoms with van der Waals surface area (Å²) in [4.78, 5) is 0. The lowest BCUT2D eigenvalue weighted by atomic mass is 10.1. The number of benzene rings is 1. The van der Waals surface area contributed by atoms with Crippen molar-refractivity contribution < 1.29 is 9.47 Å². The van der Waals surface area contributed by atoms with Crippen molar-refractivity contribution in [2.45, 2.75) is 0 Å². The van der Waals surface area contributed by atoms with Crippen LogP contribution in [0.5, 0.6) is 11.5 Å². The predicted molar refractivity (Wildman–Crippen MR) is 54.2 cm³/mol. The molecule has 0 spiro atoms.